The molecule has 2 aromatic rings. The number of piperazine rings is 1. The Morgan fingerprint density at radius 1 is 1.39 bits per heavy atom. The molecule has 5 heteroatoms. The standard InChI is InChI=1S/C13H16BrN3O/c1-2-9-7-10(14)8-11-12(9)18-13(16-11)17-5-3-15-4-6-17/h7-8,15H,2-6H2,1H3. The second-order valence-corrected chi connectivity index (χ2v) is 5.42. The highest BCUT2D eigenvalue weighted by Gasteiger charge is 2.17. The van der Waals surface area contributed by atoms with Crippen LogP contribution >= 0.6 is 15.9 Å². The summed E-state index contributed by atoms with van der Waals surface area (Å²) in [5.74, 6) is 0. The number of nitrogens with one attached hydrogen (secondary N) is 1. The average molecular weight is 310 g/mol. The van der Waals surface area contributed by atoms with Gasteiger partial charge >= 0.3 is 0 Å². The second kappa shape index (κ2) is 4.90. The maximum absolute atomic E-state index is 5.95. The molecule has 0 saturated carbocycles. The van der Waals surface area contributed by atoms with Gasteiger partial charge in [0.15, 0.2) is 5.58 Å². The van der Waals surface area contributed by atoms with Gasteiger partial charge in [0.1, 0.15) is 5.52 Å². The molecule has 1 fully saturated rings. The van der Waals surface area contributed by atoms with Crippen molar-refractivity contribution < 1.29 is 4.42 Å². The molecule has 3 rings (SSSR count). The van der Waals surface area contributed by atoms with Crippen molar-refractivity contribution in [3.63, 3.8) is 0 Å². The van der Waals surface area contributed by atoms with E-state index in [9.17, 15) is 0 Å². The molecule has 0 atom stereocenters. The van der Waals surface area contributed by atoms with Gasteiger partial charge in [0.25, 0.3) is 6.01 Å². The quantitative estimate of drug-likeness (QED) is 0.925. The molecule has 0 amide bonds. The Morgan fingerprint density at radius 3 is 2.89 bits per heavy atom. The summed E-state index contributed by atoms with van der Waals surface area (Å²) in [5, 5.41) is 3.33. The smallest absolute Gasteiger partial charge is 0.298 e. The van der Waals surface area contributed by atoms with Gasteiger partial charge in [-0.05, 0) is 24.1 Å². The van der Waals surface area contributed by atoms with E-state index < -0.39 is 0 Å². The van der Waals surface area contributed by atoms with Crippen molar-refractivity contribution >= 4 is 33.0 Å². The van der Waals surface area contributed by atoms with Crippen LogP contribution in [0.4, 0.5) is 6.01 Å². The lowest BCUT2D eigenvalue weighted by molar-refractivity contribution is 0.516. The van der Waals surface area contributed by atoms with Crippen molar-refractivity contribution in [2.75, 3.05) is 31.1 Å². The number of fused-ring (bicyclic) bond motifs is 1. The van der Waals surface area contributed by atoms with Crippen LogP contribution in [0.25, 0.3) is 11.1 Å². The summed E-state index contributed by atoms with van der Waals surface area (Å²) in [6.07, 6.45) is 0.951. The Hall–Kier alpha value is -1.07. The number of nitrogens with zero attached hydrogens (tertiary/aromatic N) is 2. The van der Waals surface area contributed by atoms with Gasteiger partial charge in [0, 0.05) is 30.7 Å². The molecule has 2 heterocycles. The zero-order valence-corrected chi connectivity index (χ0v) is 12.0. The van der Waals surface area contributed by atoms with Crippen LogP contribution in [0.3, 0.4) is 0 Å². The SMILES string of the molecule is CCc1cc(Br)cc2nc(N3CCNCC3)oc12. The largest absolute Gasteiger partial charge is 0.423 e. The van der Waals surface area contributed by atoms with Gasteiger partial charge in [0.2, 0.25) is 0 Å². The third-order valence-corrected chi connectivity index (χ3v) is 3.75. The predicted molar refractivity (Wildman–Crippen MR) is 76.2 cm³/mol. The fourth-order valence-electron chi connectivity index (χ4n) is 2.31. The Kier molecular flexibility index (Phi) is 3.26. The minimum absolute atomic E-state index is 0.749. The Balaban J connectivity index is 2.04. The molecule has 1 N–H and O–H groups in total. The maximum atomic E-state index is 5.95. The van der Waals surface area contributed by atoms with E-state index in [1.54, 1.807) is 0 Å². The number of rotatable bonds is 2. The van der Waals surface area contributed by atoms with Crippen LogP contribution in [-0.2, 0) is 6.42 Å². The van der Waals surface area contributed by atoms with Crippen molar-refractivity contribution in [1.82, 2.24) is 10.3 Å². The number of oxazole rings is 1. The van der Waals surface area contributed by atoms with Gasteiger partial charge in [-0.1, -0.05) is 22.9 Å². The highest BCUT2D eigenvalue weighted by molar-refractivity contribution is 9.10. The van der Waals surface area contributed by atoms with Crippen LogP contribution in [0, 0.1) is 0 Å². The number of hydrogen-bond donors (Lipinski definition) is 1. The first-order chi connectivity index (χ1) is 8.78. The highest BCUT2D eigenvalue weighted by atomic mass is 79.9. The van der Waals surface area contributed by atoms with Crippen LogP contribution in [-0.4, -0.2) is 31.2 Å². The number of halogens is 1. The zero-order chi connectivity index (χ0) is 12.5. The fraction of sp³-hybridized carbons (Fsp3) is 0.462. The van der Waals surface area contributed by atoms with Crippen LogP contribution in [0.15, 0.2) is 21.0 Å². The highest BCUT2D eigenvalue weighted by Crippen LogP contribution is 2.28. The Labute approximate surface area is 114 Å². The molecule has 1 aromatic carbocycles. The number of aryl methyl sites for hydroxylation is 1. The fourth-order valence-corrected chi connectivity index (χ4v) is 2.80. The van der Waals surface area contributed by atoms with E-state index >= 15 is 0 Å². The Morgan fingerprint density at radius 2 is 2.17 bits per heavy atom. The lowest BCUT2D eigenvalue weighted by Crippen LogP contribution is -2.43. The third-order valence-electron chi connectivity index (χ3n) is 3.29. The summed E-state index contributed by atoms with van der Waals surface area (Å²) >= 11 is 3.52. The third kappa shape index (κ3) is 2.12. The molecule has 0 unspecified atom stereocenters. The summed E-state index contributed by atoms with van der Waals surface area (Å²) in [6.45, 7) is 6.02. The van der Waals surface area contributed by atoms with E-state index in [4.69, 9.17) is 4.42 Å². The molecule has 0 radical (unpaired) electrons. The summed E-state index contributed by atoms with van der Waals surface area (Å²) in [6, 6.07) is 4.87. The molecule has 0 aliphatic carbocycles. The molecule has 1 saturated heterocycles. The lowest BCUT2D eigenvalue weighted by atomic mass is 10.1. The molecule has 4 nitrogen and oxygen atoms in total. The molecule has 1 aliphatic heterocycles. The number of aromatic nitrogens is 1. The summed E-state index contributed by atoms with van der Waals surface area (Å²) in [4.78, 5) is 6.81. The molecule has 1 aliphatic rings. The van der Waals surface area contributed by atoms with E-state index in [0.717, 1.165) is 54.2 Å². The normalized spacial score (nSPS) is 16.4. The average Bonchev–Trinajstić information content (AvgIpc) is 2.82. The summed E-state index contributed by atoms with van der Waals surface area (Å²) < 4.78 is 7.01. The second-order valence-electron chi connectivity index (χ2n) is 4.50. The van der Waals surface area contributed by atoms with Crippen LogP contribution < -0.4 is 10.2 Å². The first-order valence-electron chi connectivity index (χ1n) is 6.32. The van der Waals surface area contributed by atoms with Crippen molar-refractivity contribution in [3.8, 4) is 0 Å². The topological polar surface area (TPSA) is 41.3 Å². The van der Waals surface area contributed by atoms with Gasteiger partial charge < -0.3 is 14.6 Å². The van der Waals surface area contributed by atoms with Gasteiger partial charge in [-0.25, -0.2) is 0 Å². The Bertz CT molecular complexity index is 561. The molecule has 0 bridgehead atoms. The first-order valence-corrected chi connectivity index (χ1v) is 7.12. The monoisotopic (exact) mass is 309 g/mol. The van der Waals surface area contributed by atoms with Gasteiger partial charge in [0.05, 0.1) is 0 Å². The van der Waals surface area contributed by atoms with Crippen molar-refractivity contribution in [3.05, 3.63) is 22.2 Å². The van der Waals surface area contributed by atoms with E-state index in [1.165, 1.54) is 5.56 Å². The van der Waals surface area contributed by atoms with E-state index in [1.807, 2.05) is 6.07 Å². The van der Waals surface area contributed by atoms with Gasteiger partial charge in [-0.2, -0.15) is 4.98 Å². The van der Waals surface area contributed by atoms with Crippen molar-refractivity contribution in [1.29, 1.82) is 0 Å². The number of anilines is 1. The summed E-state index contributed by atoms with van der Waals surface area (Å²) in [7, 11) is 0. The molecule has 18 heavy (non-hydrogen) atoms. The van der Waals surface area contributed by atoms with Crippen molar-refractivity contribution in [2.45, 2.75) is 13.3 Å². The minimum Gasteiger partial charge on any atom is -0.423 e. The minimum atomic E-state index is 0.749. The van der Waals surface area contributed by atoms with E-state index in [0.29, 0.717) is 0 Å². The lowest BCUT2D eigenvalue weighted by Gasteiger charge is -2.25. The summed E-state index contributed by atoms with van der Waals surface area (Å²) in [5.41, 5.74) is 3.07. The van der Waals surface area contributed by atoms with Gasteiger partial charge in [-0.15, -0.1) is 0 Å². The molecular weight excluding hydrogens is 294 g/mol. The van der Waals surface area contributed by atoms with Crippen LogP contribution in [0.5, 0.6) is 0 Å². The van der Waals surface area contributed by atoms with E-state index in [2.05, 4.69) is 44.1 Å². The number of benzene rings is 1. The van der Waals surface area contributed by atoms with Crippen molar-refractivity contribution in [2.24, 2.45) is 0 Å². The first kappa shape index (κ1) is 12.0. The maximum Gasteiger partial charge on any atom is 0.298 e. The molecule has 96 valence electrons. The molecular formula is C13H16BrN3O. The van der Waals surface area contributed by atoms with E-state index in [-0.39, 0.29) is 0 Å². The molecule has 1 aromatic heterocycles. The predicted octanol–water partition coefficient (Wildman–Crippen LogP) is 2.56. The number of hydrogen-bond acceptors (Lipinski definition) is 4. The molecule has 0 spiro atoms. The van der Waals surface area contributed by atoms with Crippen LogP contribution in [0.2, 0.25) is 0 Å². The van der Waals surface area contributed by atoms with Gasteiger partial charge in [-0.3, -0.25) is 0 Å². The van der Waals surface area contributed by atoms with Crippen LogP contribution in [0.1, 0.15) is 12.5 Å². The zero-order valence-electron chi connectivity index (χ0n) is 10.4.